The standard InChI is InChI=1S/C10H14N2O6/c1-3-18-10(16)8(14)7(13)5-4-11-12-6(5)9(15)17-2/h4,7-8,13-14H,3H2,1-2H3,(H,11,12). The van der Waals surface area contributed by atoms with Crippen molar-refractivity contribution in [2.45, 2.75) is 19.1 Å². The molecular formula is C10H14N2O6. The van der Waals surface area contributed by atoms with Crippen LogP contribution in [0.4, 0.5) is 0 Å². The number of hydrogen-bond acceptors (Lipinski definition) is 7. The molecule has 2 unspecified atom stereocenters. The van der Waals surface area contributed by atoms with Gasteiger partial charge < -0.3 is 19.7 Å². The van der Waals surface area contributed by atoms with Crippen LogP contribution in [0.1, 0.15) is 29.1 Å². The van der Waals surface area contributed by atoms with Crippen LogP contribution in [-0.4, -0.2) is 52.2 Å². The lowest BCUT2D eigenvalue weighted by molar-refractivity contribution is -0.159. The Morgan fingerprint density at radius 3 is 2.72 bits per heavy atom. The summed E-state index contributed by atoms with van der Waals surface area (Å²) in [6.45, 7) is 1.63. The summed E-state index contributed by atoms with van der Waals surface area (Å²) < 4.78 is 9.01. The van der Waals surface area contributed by atoms with E-state index in [9.17, 15) is 19.8 Å². The second-order valence-electron chi connectivity index (χ2n) is 3.33. The summed E-state index contributed by atoms with van der Waals surface area (Å²) in [6, 6.07) is 0. The lowest BCUT2D eigenvalue weighted by Gasteiger charge is -2.15. The van der Waals surface area contributed by atoms with Crippen LogP contribution in [0.25, 0.3) is 0 Å². The number of ether oxygens (including phenoxy) is 2. The minimum Gasteiger partial charge on any atom is -0.464 e. The number of aliphatic hydroxyl groups excluding tert-OH is 2. The van der Waals surface area contributed by atoms with Gasteiger partial charge in [0.2, 0.25) is 0 Å². The highest BCUT2D eigenvalue weighted by Gasteiger charge is 2.31. The van der Waals surface area contributed by atoms with E-state index in [0.717, 1.165) is 13.3 Å². The van der Waals surface area contributed by atoms with E-state index >= 15 is 0 Å². The van der Waals surface area contributed by atoms with E-state index in [1.807, 2.05) is 0 Å². The summed E-state index contributed by atoms with van der Waals surface area (Å²) in [6.07, 6.45) is -2.30. The number of nitrogens with zero attached hydrogens (tertiary/aromatic N) is 1. The summed E-state index contributed by atoms with van der Waals surface area (Å²) in [5.74, 6) is -1.75. The molecule has 2 atom stereocenters. The van der Waals surface area contributed by atoms with E-state index in [-0.39, 0.29) is 17.9 Å². The highest BCUT2D eigenvalue weighted by atomic mass is 16.5. The van der Waals surface area contributed by atoms with Crippen molar-refractivity contribution in [3.63, 3.8) is 0 Å². The molecular weight excluding hydrogens is 244 g/mol. The van der Waals surface area contributed by atoms with Gasteiger partial charge in [-0.15, -0.1) is 0 Å². The maximum atomic E-state index is 11.3. The van der Waals surface area contributed by atoms with Crippen molar-refractivity contribution in [1.29, 1.82) is 0 Å². The number of aliphatic hydroxyl groups is 2. The van der Waals surface area contributed by atoms with Gasteiger partial charge in [-0.1, -0.05) is 0 Å². The van der Waals surface area contributed by atoms with Crippen molar-refractivity contribution in [3.05, 3.63) is 17.5 Å². The molecule has 0 saturated carbocycles. The fourth-order valence-electron chi connectivity index (χ4n) is 1.31. The smallest absolute Gasteiger partial charge is 0.356 e. The number of rotatable bonds is 5. The monoisotopic (exact) mass is 258 g/mol. The fraction of sp³-hybridized carbons (Fsp3) is 0.500. The van der Waals surface area contributed by atoms with Crippen molar-refractivity contribution in [3.8, 4) is 0 Å². The van der Waals surface area contributed by atoms with Crippen molar-refractivity contribution in [2.75, 3.05) is 13.7 Å². The van der Waals surface area contributed by atoms with Crippen LogP contribution in [0, 0.1) is 0 Å². The van der Waals surface area contributed by atoms with E-state index < -0.39 is 24.1 Å². The maximum absolute atomic E-state index is 11.3. The van der Waals surface area contributed by atoms with Gasteiger partial charge in [0.05, 0.1) is 19.9 Å². The van der Waals surface area contributed by atoms with Crippen molar-refractivity contribution < 1.29 is 29.3 Å². The number of methoxy groups -OCH3 is 1. The van der Waals surface area contributed by atoms with Crippen LogP contribution in [0.15, 0.2) is 6.20 Å². The Hall–Kier alpha value is -1.93. The molecule has 0 aliphatic carbocycles. The van der Waals surface area contributed by atoms with Gasteiger partial charge in [-0.05, 0) is 6.92 Å². The number of carbonyl (C=O) groups excluding carboxylic acids is 2. The Morgan fingerprint density at radius 1 is 1.50 bits per heavy atom. The molecule has 0 spiro atoms. The molecule has 1 aromatic rings. The van der Waals surface area contributed by atoms with E-state index in [1.165, 1.54) is 0 Å². The van der Waals surface area contributed by atoms with Crippen LogP contribution in [0.5, 0.6) is 0 Å². The second-order valence-corrected chi connectivity index (χ2v) is 3.33. The first kappa shape index (κ1) is 14.1. The normalized spacial score (nSPS) is 13.8. The number of nitrogens with one attached hydrogen (secondary N) is 1. The maximum Gasteiger partial charge on any atom is 0.356 e. The zero-order valence-electron chi connectivity index (χ0n) is 9.91. The second kappa shape index (κ2) is 6.12. The molecule has 0 radical (unpaired) electrons. The molecule has 0 aliphatic heterocycles. The average Bonchev–Trinajstić information content (AvgIpc) is 2.85. The summed E-state index contributed by atoms with van der Waals surface area (Å²) >= 11 is 0. The van der Waals surface area contributed by atoms with E-state index in [1.54, 1.807) is 6.92 Å². The molecule has 1 aromatic heterocycles. The highest BCUT2D eigenvalue weighted by Crippen LogP contribution is 2.20. The fourth-order valence-corrected chi connectivity index (χ4v) is 1.31. The number of aromatic nitrogens is 2. The van der Waals surface area contributed by atoms with E-state index in [0.29, 0.717) is 0 Å². The molecule has 8 heteroatoms. The van der Waals surface area contributed by atoms with E-state index in [2.05, 4.69) is 19.7 Å². The summed E-state index contributed by atoms with van der Waals surface area (Å²) in [7, 11) is 1.15. The molecule has 3 N–H and O–H groups in total. The molecule has 0 aromatic carbocycles. The zero-order valence-corrected chi connectivity index (χ0v) is 9.91. The third-order valence-electron chi connectivity index (χ3n) is 2.20. The van der Waals surface area contributed by atoms with Gasteiger partial charge in [0.15, 0.2) is 6.10 Å². The lowest BCUT2D eigenvalue weighted by Crippen LogP contribution is -2.30. The van der Waals surface area contributed by atoms with Crippen LogP contribution in [0.3, 0.4) is 0 Å². The van der Waals surface area contributed by atoms with E-state index in [4.69, 9.17) is 0 Å². The first-order valence-electron chi connectivity index (χ1n) is 5.17. The predicted molar refractivity (Wildman–Crippen MR) is 57.5 cm³/mol. The first-order chi connectivity index (χ1) is 8.52. The van der Waals surface area contributed by atoms with Gasteiger partial charge in [0.25, 0.3) is 0 Å². The van der Waals surface area contributed by atoms with Crippen molar-refractivity contribution in [2.24, 2.45) is 0 Å². The SMILES string of the molecule is CCOC(=O)C(O)C(O)c1cn[nH]c1C(=O)OC. The molecule has 8 nitrogen and oxygen atoms in total. The van der Waals surface area contributed by atoms with Gasteiger partial charge in [0.1, 0.15) is 11.8 Å². The van der Waals surface area contributed by atoms with Crippen molar-refractivity contribution in [1.82, 2.24) is 10.2 Å². The van der Waals surface area contributed by atoms with Gasteiger partial charge in [0, 0.05) is 5.56 Å². The Balaban J connectivity index is 2.90. The number of esters is 2. The number of carbonyl (C=O) groups is 2. The Kier molecular flexibility index (Phi) is 4.81. The molecule has 1 rings (SSSR count). The van der Waals surface area contributed by atoms with Crippen LogP contribution in [-0.2, 0) is 14.3 Å². The molecule has 0 saturated heterocycles. The average molecular weight is 258 g/mol. The quantitative estimate of drug-likeness (QED) is 0.588. The van der Waals surface area contributed by atoms with Gasteiger partial charge in [-0.2, -0.15) is 5.10 Å². The molecule has 100 valence electrons. The lowest BCUT2D eigenvalue weighted by atomic mass is 10.1. The third kappa shape index (κ3) is 2.84. The number of aromatic amines is 1. The summed E-state index contributed by atoms with van der Waals surface area (Å²) in [5.41, 5.74) is -0.171. The number of hydrogen-bond donors (Lipinski definition) is 3. The Morgan fingerprint density at radius 2 is 2.17 bits per heavy atom. The molecule has 0 bridgehead atoms. The highest BCUT2D eigenvalue weighted by molar-refractivity contribution is 5.89. The topological polar surface area (TPSA) is 122 Å². The first-order valence-corrected chi connectivity index (χ1v) is 5.17. The zero-order chi connectivity index (χ0) is 13.7. The Bertz CT molecular complexity index is 430. The van der Waals surface area contributed by atoms with Gasteiger partial charge in [-0.3, -0.25) is 5.10 Å². The van der Waals surface area contributed by atoms with Crippen LogP contribution < -0.4 is 0 Å². The molecule has 0 aliphatic rings. The van der Waals surface area contributed by atoms with Crippen LogP contribution in [0.2, 0.25) is 0 Å². The minimum absolute atomic E-state index is 0.0394. The third-order valence-corrected chi connectivity index (χ3v) is 2.20. The summed E-state index contributed by atoms with van der Waals surface area (Å²) in [4.78, 5) is 22.6. The van der Waals surface area contributed by atoms with Crippen molar-refractivity contribution >= 4 is 11.9 Å². The largest absolute Gasteiger partial charge is 0.464 e. The minimum atomic E-state index is -1.80. The molecule has 0 fully saturated rings. The molecule has 0 amide bonds. The Labute approximate surface area is 103 Å². The molecule has 1 heterocycles. The predicted octanol–water partition coefficient (Wildman–Crippen LogP) is -0.846. The molecule has 18 heavy (non-hydrogen) atoms. The van der Waals surface area contributed by atoms with Crippen LogP contribution >= 0.6 is 0 Å². The summed E-state index contributed by atoms with van der Waals surface area (Å²) in [5, 5.41) is 25.2. The number of H-pyrrole nitrogens is 1. The van der Waals surface area contributed by atoms with Gasteiger partial charge >= 0.3 is 11.9 Å². The van der Waals surface area contributed by atoms with Gasteiger partial charge in [-0.25, -0.2) is 9.59 Å².